The summed E-state index contributed by atoms with van der Waals surface area (Å²) in [6.45, 7) is 2.61. The first kappa shape index (κ1) is 14.5. The predicted molar refractivity (Wildman–Crippen MR) is 67.6 cm³/mol. The molecule has 1 rings (SSSR count). The van der Waals surface area contributed by atoms with Crippen molar-refractivity contribution >= 4 is 5.97 Å². The van der Waals surface area contributed by atoms with Crippen LogP contribution < -0.4 is 4.74 Å². The van der Waals surface area contributed by atoms with E-state index in [9.17, 15) is 9.18 Å². The number of unbranched alkanes of at least 4 members (excludes halogenated alkanes) is 4. The maximum absolute atomic E-state index is 13.5. The molecule has 100 valence electrons. The highest BCUT2D eigenvalue weighted by Gasteiger charge is 2.08. The molecule has 0 fully saturated rings. The number of carboxylic acid groups (broad SMARTS) is 1. The Kier molecular flexibility index (Phi) is 6.19. The normalized spacial score (nSPS) is 10.3. The minimum Gasteiger partial charge on any atom is -0.491 e. The van der Waals surface area contributed by atoms with Crippen LogP contribution in [0.25, 0.3) is 0 Å². The third-order valence-corrected chi connectivity index (χ3v) is 2.68. The molecule has 0 aliphatic carbocycles. The van der Waals surface area contributed by atoms with Crippen LogP contribution in [0.2, 0.25) is 0 Å². The molecule has 4 heteroatoms. The summed E-state index contributed by atoms with van der Waals surface area (Å²) in [4.78, 5) is 10.6. The fraction of sp³-hybridized carbons (Fsp3) is 0.500. The number of carboxylic acids is 1. The summed E-state index contributed by atoms with van der Waals surface area (Å²) < 4.78 is 18.7. The van der Waals surface area contributed by atoms with Crippen LogP contribution in [-0.2, 0) is 0 Å². The van der Waals surface area contributed by atoms with Crippen LogP contribution in [0.4, 0.5) is 4.39 Å². The molecule has 1 aromatic rings. The summed E-state index contributed by atoms with van der Waals surface area (Å²) in [5, 5.41) is 8.69. The van der Waals surface area contributed by atoms with E-state index in [4.69, 9.17) is 9.84 Å². The van der Waals surface area contributed by atoms with E-state index in [0.29, 0.717) is 6.61 Å². The van der Waals surface area contributed by atoms with Crippen molar-refractivity contribution in [2.24, 2.45) is 0 Å². The summed E-state index contributed by atoms with van der Waals surface area (Å²) in [6, 6.07) is 3.69. The molecule has 1 aromatic carbocycles. The van der Waals surface area contributed by atoms with Gasteiger partial charge in [0.05, 0.1) is 12.2 Å². The van der Waals surface area contributed by atoms with Gasteiger partial charge in [-0.3, -0.25) is 0 Å². The van der Waals surface area contributed by atoms with Gasteiger partial charge in [0.15, 0.2) is 11.6 Å². The summed E-state index contributed by atoms with van der Waals surface area (Å²) in [7, 11) is 0. The van der Waals surface area contributed by atoms with E-state index in [-0.39, 0.29) is 11.3 Å². The number of halogens is 1. The topological polar surface area (TPSA) is 46.5 Å². The maximum atomic E-state index is 13.5. The maximum Gasteiger partial charge on any atom is 0.335 e. The molecule has 18 heavy (non-hydrogen) atoms. The molecule has 0 aromatic heterocycles. The van der Waals surface area contributed by atoms with Gasteiger partial charge in [0.2, 0.25) is 0 Å². The minimum atomic E-state index is -1.14. The Morgan fingerprint density at radius 1 is 1.28 bits per heavy atom. The zero-order valence-electron chi connectivity index (χ0n) is 10.6. The predicted octanol–water partition coefficient (Wildman–Crippen LogP) is 3.87. The van der Waals surface area contributed by atoms with Crippen LogP contribution in [0.15, 0.2) is 18.2 Å². The standard InChI is InChI=1S/C14H19FO3/c1-2-3-4-5-6-9-18-13-8-7-11(14(16)17)10-12(13)15/h7-8,10H,2-6,9H2,1H3,(H,16,17). The summed E-state index contributed by atoms with van der Waals surface area (Å²) in [5.41, 5.74) is -0.0669. The fourth-order valence-corrected chi connectivity index (χ4v) is 1.64. The SMILES string of the molecule is CCCCCCCOc1ccc(C(=O)O)cc1F. The number of aromatic carboxylic acids is 1. The van der Waals surface area contributed by atoms with Crippen molar-refractivity contribution in [1.29, 1.82) is 0 Å². The van der Waals surface area contributed by atoms with Gasteiger partial charge < -0.3 is 9.84 Å². The monoisotopic (exact) mass is 254 g/mol. The van der Waals surface area contributed by atoms with Crippen molar-refractivity contribution in [3.8, 4) is 5.75 Å². The molecule has 3 nitrogen and oxygen atoms in total. The summed E-state index contributed by atoms with van der Waals surface area (Å²) in [5.74, 6) is -1.64. The first-order valence-corrected chi connectivity index (χ1v) is 6.30. The Morgan fingerprint density at radius 3 is 2.61 bits per heavy atom. The molecule has 0 atom stereocenters. The molecule has 0 heterocycles. The van der Waals surface area contributed by atoms with Crippen LogP contribution in [0.1, 0.15) is 49.4 Å². The molecular formula is C14H19FO3. The molecule has 0 unspecified atom stereocenters. The van der Waals surface area contributed by atoms with E-state index in [1.165, 1.54) is 31.4 Å². The van der Waals surface area contributed by atoms with Crippen LogP contribution in [0.5, 0.6) is 5.75 Å². The molecule has 0 saturated heterocycles. The largest absolute Gasteiger partial charge is 0.491 e. The highest BCUT2D eigenvalue weighted by Crippen LogP contribution is 2.18. The van der Waals surface area contributed by atoms with E-state index >= 15 is 0 Å². The lowest BCUT2D eigenvalue weighted by atomic mass is 10.2. The molecule has 0 radical (unpaired) electrons. The Morgan fingerprint density at radius 2 is 2.00 bits per heavy atom. The van der Waals surface area contributed by atoms with Gasteiger partial charge in [-0.25, -0.2) is 9.18 Å². The third kappa shape index (κ3) is 4.73. The average molecular weight is 254 g/mol. The first-order chi connectivity index (χ1) is 8.65. The minimum absolute atomic E-state index is 0.0669. The molecule has 1 N–H and O–H groups in total. The van der Waals surface area contributed by atoms with Gasteiger partial charge in [-0.15, -0.1) is 0 Å². The van der Waals surface area contributed by atoms with E-state index in [2.05, 4.69) is 6.92 Å². The number of hydrogen-bond donors (Lipinski definition) is 1. The molecular weight excluding hydrogens is 235 g/mol. The van der Waals surface area contributed by atoms with Crippen molar-refractivity contribution in [2.45, 2.75) is 39.0 Å². The molecule has 0 spiro atoms. The van der Waals surface area contributed by atoms with Crippen molar-refractivity contribution in [3.05, 3.63) is 29.6 Å². The third-order valence-electron chi connectivity index (χ3n) is 2.68. The molecule has 0 saturated carbocycles. The molecule has 0 aliphatic heterocycles. The van der Waals surface area contributed by atoms with Gasteiger partial charge in [0, 0.05) is 0 Å². The lowest BCUT2D eigenvalue weighted by Gasteiger charge is -2.07. The Hall–Kier alpha value is -1.58. The van der Waals surface area contributed by atoms with Crippen molar-refractivity contribution < 1.29 is 19.0 Å². The van der Waals surface area contributed by atoms with Crippen molar-refractivity contribution in [1.82, 2.24) is 0 Å². The van der Waals surface area contributed by atoms with Gasteiger partial charge in [0.25, 0.3) is 0 Å². The summed E-state index contributed by atoms with van der Waals surface area (Å²) in [6.07, 6.45) is 5.52. The van der Waals surface area contributed by atoms with E-state index < -0.39 is 11.8 Å². The fourth-order valence-electron chi connectivity index (χ4n) is 1.64. The van der Waals surface area contributed by atoms with Gasteiger partial charge in [-0.2, -0.15) is 0 Å². The molecule has 0 aliphatic rings. The second-order valence-electron chi connectivity index (χ2n) is 4.21. The number of benzene rings is 1. The van der Waals surface area contributed by atoms with Crippen LogP contribution >= 0.6 is 0 Å². The number of ether oxygens (including phenoxy) is 1. The molecule has 0 amide bonds. The van der Waals surface area contributed by atoms with Gasteiger partial charge in [-0.1, -0.05) is 32.6 Å². The summed E-state index contributed by atoms with van der Waals surface area (Å²) >= 11 is 0. The first-order valence-electron chi connectivity index (χ1n) is 6.30. The van der Waals surface area contributed by atoms with E-state index in [1.807, 2.05) is 0 Å². The van der Waals surface area contributed by atoms with Crippen LogP contribution in [-0.4, -0.2) is 17.7 Å². The zero-order chi connectivity index (χ0) is 13.4. The van der Waals surface area contributed by atoms with E-state index in [1.54, 1.807) is 0 Å². The second kappa shape index (κ2) is 7.69. The molecule has 0 bridgehead atoms. The van der Waals surface area contributed by atoms with Crippen LogP contribution in [0, 0.1) is 5.82 Å². The van der Waals surface area contributed by atoms with Gasteiger partial charge >= 0.3 is 5.97 Å². The van der Waals surface area contributed by atoms with Gasteiger partial charge in [-0.05, 0) is 24.6 Å². The Balaban J connectivity index is 2.36. The smallest absolute Gasteiger partial charge is 0.335 e. The Labute approximate surface area is 107 Å². The number of carbonyl (C=O) groups is 1. The lowest BCUT2D eigenvalue weighted by molar-refractivity contribution is 0.0696. The van der Waals surface area contributed by atoms with Crippen molar-refractivity contribution in [2.75, 3.05) is 6.61 Å². The number of hydrogen-bond acceptors (Lipinski definition) is 2. The quantitative estimate of drug-likeness (QED) is 0.716. The highest BCUT2D eigenvalue weighted by molar-refractivity contribution is 5.87. The van der Waals surface area contributed by atoms with Crippen LogP contribution in [0.3, 0.4) is 0 Å². The second-order valence-corrected chi connectivity index (χ2v) is 4.21. The highest BCUT2D eigenvalue weighted by atomic mass is 19.1. The van der Waals surface area contributed by atoms with E-state index in [0.717, 1.165) is 18.9 Å². The average Bonchev–Trinajstić information content (AvgIpc) is 2.35. The number of rotatable bonds is 8. The lowest BCUT2D eigenvalue weighted by Crippen LogP contribution is -2.02. The zero-order valence-corrected chi connectivity index (χ0v) is 10.6. The van der Waals surface area contributed by atoms with Gasteiger partial charge in [0.1, 0.15) is 0 Å². The van der Waals surface area contributed by atoms with Crippen molar-refractivity contribution in [3.63, 3.8) is 0 Å². The Bertz CT molecular complexity index is 391.